The molecule has 2 aromatic carbocycles. The van der Waals surface area contributed by atoms with E-state index < -0.39 is 0 Å². The standard InChI is InChI=1S/C28H38N4/c1-28(2,3)26-8-5-22(6-9-26)23-11-13-31(14-12-23)21-25-19-27(10-7-24(25)20-29)32-17-15-30(4)16-18-32/h5-10,19,23H,11-18,21H2,1-4H3. The number of hydrogen-bond donors (Lipinski definition) is 0. The number of nitrogens with zero attached hydrogens (tertiary/aromatic N) is 4. The summed E-state index contributed by atoms with van der Waals surface area (Å²) in [7, 11) is 2.18. The van der Waals surface area contributed by atoms with Crippen LogP contribution >= 0.6 is 0 Å². The molecule has 0 N–H and O–H groups in total. The Balaban J connectivity index is 1.38. The summed E-state index contributed by atoms with van der Waals surface area (Å²) in [5, 5.41) is 9.67. The monoisotopic (exact) mass is 430 g/mol. The van der Waals surface area contributed by atoms with Gasteiger partial charge in [-0.15, -0.1) is 0 Å². The summed E-state index contributed by atoms with van der Waals surface area (Å²) in [6.45, 7) is 14.2. The molecule has 2 heterocycles. The fourth-order valence-corrected chi connectivity index (χ4v) is 5.00. The lowest BCUT2D eigenvalue weighted by molar-refractivity contribution is 0.204. The molecule has 4 nitrogen and oxygen atoms in total. The Morgan fingerprint density at radius 2 is 1.56 bits per heavy atom. The second-order valence-electron chi connectivity index (χ2n) is 10.7. The minimum atomic E-state index is 0.207. The summed E-state index contributed by atoms with van der Waals surface area (Å²) in [6.07, 6.45) is 2.38. The van der Waals surface area contributed by atoms with Crippen LogP contribution in [-0.2, 0) is 12.0 Å². The zero-order chi connectivity index (χ0) is 22.7. The number of benzene rings is 2. The Bertz CT molecular complexity index is 935. The van der Waals surface area contributed by atoms with Crippen LogP contribution in [0.25, 0.3) is 0 Å². The van der Waals surface area contributed by atoms with Crippen LogP contribution in [0.4, 0.5) is 5.69 Å². The summed E-state index contributed by atoms with van der Waals surface area (Å²) in [6, 6.07) is 18.1. The molecule has 0 spiro atoms. The fourth-order valence-electron chi connectivity index (χ4n) is 5.00. The van der Waals surface area contributed by atoms with Crippen molar-refractivity contribution in [3.63, 3.8) is 0 Å². The smallest absolute Gasteiger partial charge is 0.0995 e. The van der Waals surface area contributed by atoms with Gasteiger partial charge in [0.05, 0.1) is 11.6 Å². The van der Waals surface area contributed by atoms with Gasteiger partial charge in [-0.2, -0.15) is 5.26 Å². The molecule has 0 unspecified atom stereocenters. The van der Waals surface area contributed by atoms with Crippen molar-refractivity contribution >= 4 is 5.69 Å². The molecule has 0 amide bonds. The SMILES string of the molecule is CN1CCN(c2ccc(C#N)c(CN3CCC(c4ccc(C(C)(C)C)cc4)CC3)c2)CC1. The van der Waals surface area contributed by atoms with Crippen LogP contribution in [-0.4, -0.2) is 56.1 Å². The van der Waals surface area contributed by atoms with Crippen LogP contribution < -0.4 is 4.90 Å². The molecular weight excluding hydrogens is 392 g/mol. The van der Waals surface area contributed by atoms with Crippen molar-refractivity contribution in [2.75, 3.05) is 51.2 Å². The van der Waals surface area contributed by atoms with E-state index in [9.17, 15) is 5.26 Å². The van der Waals surface area contributed by atoms with Crippen molar-refractivity contribution < 1.29 is 0 Å². The third-order valence-electron chi connectivity index (χ3n) is 7.31. The lowest BCUT2D eigenvalue weighted by Gasteiger charge is -2.35. The predicted molar refractivity (Wildman–Crippen MR) is 133 cm³/mol. The maximum atomic E-state index is 9.67. The Labute approximate surface area is 194 Å². The van der Waals surface area contributed by atoms with E-state index in [2.05, 4.69) is 85.0 Å². The number of piperidine rings is 1. The second-order valence-corrected chi connectivity index (χ2v) is 10.7. The van der Waals surface area contributed by atoms with Crippen LogP contribution in [0.5, 0.6) is 0 Å². The molecule has 2 aliphatic rings. The highest BCUT2D eigenvalue weighted by molar-refractivity contribution is 5.54. The minimum absolute atomic E-state index is 0.207. The van der Waals surface area contributed by atoms with Crippen molar-refractivity contribution in [3.05, 3.63) is 64.7 Å². The Morgan fingerprint density at radius 3 is 2.16 bits per heavy atom. The van der Waals surface area contributed by atoms with E-state index in [4.69, 9.17) is 0 Å². The second kappa shape index (κ2) is 9.65. The summed E-state index contributed by atoms with van der Waals surface area (Å²) in [4.78, 5) is 7.37. The molecule has 170 valence electrons. The molecule has 4 rings (SSSR count). The van der Waals surface area contributed by atoms with E-state index in [1.54, 1.807) is 0 Å². The minimum Gasteiger partial charge on any atom is -0.369 e. The van der Waals surface area contributed by atoms with E-state index in [1.165, 1.54) is 35.2 Å². The Kier molecular flexibility index (Phi) is 6.88. The summed E-state index contributed by atoms with van der Waals surface area (Å²) in [5.41, 5.74) is 6.36. The zero-order valence-electron chi connectivity index (χ0n) is 20.3. The van der Waals surface area contributed by atoms with Crippen LogP contribution in [0, 0.1) is 11.3 Å². The van der Waals surface area contributed by atoms with Crippen molar-refractivity contribution in [1.82, 2.24) is 9.80 Å². The first-order valence-corrected chi connectivity index (χ1v) is 12.1. The molecule has 32 heavy (non-hydrogen) atoms. The van der Waals surface area contributed by atoms with Gasteiger partial charge in [0.25, 0.3) is 0 Å². The number of likely N-dealkylation sites (N-methyl/N-ethyl adjacent to an activating group) is 1. The number of piperazine rings is 1. The van der Waals surface area contributed by atoms with Gasteiger partial charge >= 0.3 is 0 Å². The quantitative estimate of drug-likeness (QED) is 0.684. The van der Waals surface area contributed by atoms with Gasteiger partial charge in [0.15, 0.2) is 0 Å². The predicted octanol–water partition coefficient (Wildman–Crippen LogP) is 4.99. The summed E-state index contributed by atoms with van der Waals surface area (Å²) >= 11 is 0. The summed E-state index contributed by atoms with van der Waals surface area (Å²) < 4.78 is 0. The molecule has 2 fully saturated rings. The van der Waals surface area contributed by atoms with Gasteiger partial charge in [0.1, 0.15) is 0 Å². The molecule has 0 bridgehead atoms. The van der Waals surface area contributed by atoms with E-state index in [1.807, 2.05) is 6.07 Å². The number of nitriles is 1. The van der Waals surface area contributed by atoms with Crippen molar-refractivity contribution in [3.8, 4) is 6.07 Å². The molecule has 0 radical (unpaired) electrons. The Hall–Kier alpha value is -2.35. The number of hydrogen-bond acceptors (Lipinski definition) is 4. The maximum Gasteiger partial charge on any atom is 0.0995 e. The highest BCUT2D eigenvalue weighted by Crippen LogP contribution is 2.31. The van der Waals surface area contributed by atoms with Crippen LogP contribution in [0.15, 0.2) is 42.5 Å². The maximum absolute atomic E-state index is 9.67. The molecule has 2 saturated heterocycles. The lowest BCUT2D eigenvalue weighted by atomic mass is 9.84. The fraction of sp³-hybridized carbons (Fsp3) is 0.536. The molecule has 0 aliphatic carbocycles. The molecule has 0 aromatic heterocycles. The van der Waals surface area contributed by atoms with Gasteiger partial charge in [-0.05, 0) is 79.2 Å². The van der Waals surface area contributed by atoms with Crippen LogP contribution in [0.2, 0.25) is 0 Å². The first-order valence-electron chi connectivity index (χ1n) is 12.1. The summed E-state index contributed by atoms with van der Waals surface area (Å²) in [5.74, 6) is 0.646. The highest BCUT2D eigenvalue weighted by atomic mass is 15.2. The third kappa shape index (κ3) is 5.34. The van der Waals surface area contributed by atoms with E-state index >= 15 is 0 Å². The van der Waals surface area contributed by atoms with Gasteiger partial charge in [0, 0.05) is 38.4 Å². The first kappa shape index (κ1) is 22.8. The third-order valence-corrected chi connectivity index (χ3v) is 7.31. The first-order chi connectivity index (χ1) is 15.3. The molecule has 0 atom stereocenters. The lowest BCUT2D eigenvalue weighted by Crippen LogP contribution is -2.44. The number of anilines is 1. The van der Waals surface area contributed by atoms with E-state index in [0.717, 1.165) is 51.4 Å². The largest absolute Gasteiger partial charge is 0.369 e. The van der Waals surface area contributed by atoms with Gasteiger partial charge in [-0.1, -0.05) is 45.0 Å². The van der Waals surface area contributed by atoms with Gasteiger partial charge in [-0.25, -0.2) is 0 Å². The van der Waals surface area contributed by atoms with Crippen LogP contribution in [0.1, 0.15) is 61.8 Å². The average molecular weight is 431 g/mol. The molecule has 0 saturated carbocycles. The molecule has 4 heteroatoms. The van der Waals surface area contributed by atoms with Gasteiger partial charge in [-0.3, -0.25) is 4.90 Å². The van der Waals surface area contributed by atoms with Crippen molar-refractivity contribution in [2.24, 2.45) is 0 Å². The zero-order valence-corrected chi connectivity index (χ0v) is 20.3. The normalized spacial score (nSPS) is 19.2. The van der Waals surface area contributed by atoms with E-state index in [0.29, 0.717) is 5.92 Å². The number of rotatable bonds is 4. The highest BCUT2D eigenvalue weighted by Gasteiger charge is 2.23. The molecule has 2 aromatic rings. The molecular formula is C28H38N4. The number of likely N-dealkylation sites (tertiary alicyclic amines) is 1. The van der Waals surface area contributed by atoms with Crippen molar-refractivity contribution in [1.29, 1.82) is 5.26 Å². The van der Waals surface area contributed by atoms with Gasteiger partial charge < -0.3 is 9.80 Å². The topological polar surface area (TPSA) is 33.5 Å². The molecule has 2 aliphatic heterocycles. The average Bonchev–Trinajstić information content (AvgIpc) is 2.80. The Morgan fingerprint density at radius 1 is 0.906 bits per heavy atom. The van der Waals surface area contributed by atoms with Crippen molar-refractivity contribution in [2.45, 2.75) is 51.5 Å². The van der Waals surface area contributed by atoms with Crippen LogP contribution in [0.3, 0.4) is 0 Å². The van der Waals surface area contributed by atoms with E-state index in [-0.39, 0.29) is 5.41 Å². The van der Waals surface area contributed by atoms with Gasteiger partial charge in [0.2, 0.25) is 0 Å².